The first-order valence-corrected chi connectivity index (χ1v) is 9.16. The van der Waals surface area contributed by atoms with Crippen LogP contribution in [0.25, 0.3) is 0 Å². The quantitative estimate of drug-likeness (QED) is 0.823. The van der Waals surface area contributed by atoms with Gasteiger partial charge in [-0.25, -0.2) is 25.6 Å². The summed E-state index contributed by atoms with van der Waals surface area (Å²) < 4.78 is 74.7. The van der Waals surface area contributed by atoms with Crippen molar-refractivity contribution in [1.82, 2.24) is 4.31 Å². The van der Waals surface area contributed by atoms with Gasteiger partial charge in [-0.3, -0.25) is 0 Å². The minimum absolute atomic E-state index is 0.0317. The van der Waals surface area contributed by atoms with Crippen molar-refractivity contribution in [2.75, 3.05) is 19.3 Å². The van der Waals surface area contributed by atoms with Crippen molar-refractivity contribution in [3.05, 3.63) is 29.8 Å². The van der Waals surface area contributed by atoms with Crippen LogP contribution in [0.1, 0.15) is 6.42 Å². The maximum Gasteiger partial charge on any atom is 0.246 e. The second kappa shape index (κ2) is 5.05. The van der Waals surface area contributed by atoms with Crippen LogP contribution >= 0.6 is 0 Å². The molecular formula is C11H13F2NO4S2. The lowest BCUT2D eigenvalue weighted by molar-refractivity contribution is 0.467. The lowest BCUT2D eigenvalue weighted by Gasteiger charge is -2.16. The second-order valence-electron chi connectivity index (χ2n) is 4.68. The Morgan fingerprint density at radius 1 is 1.20 bits per heavy atom. The largest absolute Gasteiger partial charge is 0.246 e. The van der Waals surface area contributed by atoms with E-state index in [0.29, 0.717) is 6.07 Å². The van der Waals surface area contributed by atoms with E-state index in [0.717, 1.165) is 22.7 Å². The van der Waals surface area contributed by atoms with Crippen LogP contribution in [0, 0.1) is 11.6 Å². The molecular weight excluding hydrogens is 312 g/mol. The van der Waals surface area contributed by atoms with Gasteiger partial charge in [0.2, 0.25) is 10.0 Å². The first-order chi connectivity index (χ1) is 9.12. The molecule has 1 aliphatic heterocycles. The summed E-state index contributed by atoms with van der Waals surface area (Å²) in [6, 6.07) is 2.14. The molecule has 0 amide bonds. The van der Waals surface area contributed by atoms with Crippen LogP contribution in [0.15, 0.2) is 23.1 Å². The third-order valence-corrected chi connectivity index (χ3v) is 6.70. The van der Waals surface area contributed by atoms with Crippen molar-refractivity contribution in [3.8, 4) is 0 Å². The highest BCUT2D eigenvalue weighted by atomic mass is 32.2. The van der Waals surface area contributed by atoms with Crippen molar-refractivity contribution < 1.29 is 25.6 Å². The molecule has 9 heteroatoms. The number of rotatable bonds is 3. The second-order valence-corrected chi connectivity index (χ2v) is 8.91. The topological polar surface area (TPSA) is 71.5 Å². The monoisotopic (exact) mass is 325 g/mol. The highest BCUT2D eigenvalue weighted by Crippen LogP contribution is 2.26. The molecule has 1 aromatic carbocycles. The van der Waals surface area contributed by atoms with Gasteiger partial charge in [-0.15, -0.1) is 0 Å². The summed E-state index contributed by atoms with van der Waals surface area (Å²) in [5.74, 6) is -1.93. The molecule has 2 rings (SSSR count). The zero-order valence-electron chi connectivity index (χ0n) is 10.6. The first kappa shape index (κ1) is 15.3. The van der Waals surface area contributed by atoms with E-state index in [4.69, 9.17) is 0 Å². The van der Waals surface area contributed by atoms with Gasteiger partial charge in [0, 0.05) is 19.3 Å². The zero-order valence-corrected chi connectivity index (χ0v) is 12.2. The standard InChI is InChI=1S/C11H13F2NO4S2/c1-19(15,16)9-4-5-14(7-9)20(17,18)11-6-8(12)2-3-10(11)13/h2-3,6,9H,4-5,7H2,1H3. The fourth-order valence-corrected chi connectivity index (χ4v) is 4.73. The van der Waals surface area contributed by atoms with E-state index in [-0.39, 0.29) is 19.5 Å². The molecule has 0 aliphatic carbocycles. The minimum Gasteiger partial charge on any atom is -0.229 e. The molecule has 0 bridgehead atoms. The van der Waals surface area contributed by atoms with Crippen molar-refractivity contribution >= 4 is 19.9 Å². The van der Waals surface area contributed by atoms with Gasteiger partial charge in [0.15, 0.2) is 9.84 Å². The van der Waals surface area contributed by atoms with Gasteiger partial charge in [0.1, 0.15) is 16.5 Å². The first-order valence-electron chi connectivity index (χ1n) is 5.76. The molecule has 112 valence electrons. The fraction of sp³-hybridized carbons (Fsp3) is 0.455. The predicted octanol–water partition coefficient (Wildman–Crippen LogP) is 0.772. The van der Waals surface area contributed by atoms with Crippen LogP contribution in [0.2, 0.25) is 0 Å². The number of nitrogens with zero attached hydrogens (tertiary/aromatic N) is 1. The maximum absolute atomic E-state index is 13.6. The van der Waals surface area contributed by atoms with E-state index in [1.54, 1.807) is 0 Å². The van der Waals surface area contributed by atoms with Crippen LogP contribution in [-0.2, 0) is 19.9 Å². The highest BCUT2D eigenvalue weighted by Gasteiger charge is 2.38. The molecule has 20 heavy (non-hydrogen) atoms. The number of sulfone groups is 1. The molecule has 1 saturated heterocycles. The van der Waals surface area contributed by atoms with Crippen molar-refractivity contribution in [1.29, 1.82) is 0 Å². The Bertz CT molecular complexity index is 731. The number of sulfonamides is 1. The average Bonchev–Trinajstić information content (AvgIpc) is 2.82. The lowest BCUT2D eigenvalue weighted by Crippen LogP contribution is -2.32. The zero-order chi connectivity index (χ0) is 15.1. The number of hydrogen-bond acceptors (Lipinski definition) is 4. The third-order valence-electron chi connectivity index (χ3n) is 3.22. The molecule has 1 aliphatic rings. The smallest absolute Gasteiger partial charge is 0.229 e. The van der Waals surface area contributed by atoms with E-state index in [1.807, 2.05) is 0 Å². The van der Waals surface area contributed by atoms with E-state index in [1.165, 1.54) is 0 Å². The summed E-state index contributed by atoms with van der Waals surface area (Å²) >= 11 is 0. The Labute approximate surface area is 116 Å². The van der Waals surface area contributed by atoms with Crippen molar-refractivity contribution in [2.45, 2.75) is 16.6 Å². The minimum atomic E-state index is -4.23. The van der Waals surface area contributed by atoms with Crippen LogP contribution < -0.4 is 0 Å². The number of benzene rings is 1. The molecule has 1 heterocycles. The van der Waals surface area contributed by atoms with Crippen LogP contribution in [0.4, 0.5) is 8.78 Å². The Morgan fingerprint density at radius 2 is 1.85 bits per heavy atom. The van der Waals surface area contributed by atoms with E-state index in [2.05, 4.69) is 0 Å². The van der Waals surface area contributed by atoms with Crippen molar-refractivity contribution in [3.63, 3.8) is 0 Å². The Hall–Kier alpha value is -1.06. The molecule has 0 N–H and O–H groups in total. The van der Waals surface area contributed by atoms with E-state index >= 15 is 0 Å². The predicted molar refractivity (Wildman–Crippen MR) is 68.4 cm³/mol. The van der Waals surface area contributed by atoms with Gasteiger partial charge in [0.05, 0.1) is 5.25 Å². The van der Waals surface area contributed by atoms with E-state index < -0.39 is 41.6 Å². The molecule has 1 aromatic rings. The molecule has 1 unspecified atom stereocenters. The van der Waals surface area contributed by atoms with Gasteiger partial charge >= 0.3 is 0 Å². The Morgan fingerprint density at radius 3 is 2.40 bits per heavy atom. The van der Waals surface area contributed by atoms with Crippen LogP contribution in [-0.4, -0.2) is 45.7 Å². The summed E-state index contributed by atoms with van der Waals surface area (Å²) in [7, 11) is -7.60. The molecule has 1 fully saturated rings. The van der Waals surface area contributed by atoms with Crippen LogP contribution in [0.3, 0.4) is 0 Å². The summed E-state index contributed by atoms with van der Waals surface area (Å²) in [5.41, 5.74) is 0. The molecule has 0 aromatic heterocycles. The van der Waals surface area contributed by atoms with Crippen LogP contribution in [0.5, 0.6) is 0 Å². The molecule has 0 radical (unpaired) electrons. The van der Waals surface area contributed by atoms with Gasteiger partial charge in [-0.2, -0.15) is 4.31 Å². The normalized spacial score (nSPS) is 21.2. The Balaban J connectivity index is 2.36. The summed E-state index contributed by atoms with van der Waals surface area (Å²) in [5, 5.41) is -0.811. The lowest BCUT2D eigenvalue weighted by atomic mass is 10.3. The highest BCUT2D eigenvalue weighted by molar-refractivity contribution is 7.91. The third kappa shape index (κ3) is 2.84. The van der Waals surface area contributed by atoms with Gasteiger partial charge in [-0.1, -0.05) is 0 Å². The molecule has 1 atom stereocenters. The van der Waals surface area contributed by atoms with E-state index in [9.17, 15) is 25.6 Å². The molecule has 0 saturated carbocycles. The maximum atomic E-state index is 13.6. The van der Waals surface area contributed by atoms with Gasteiger partial charge in [-0.05, 0) is 24.6 Å². The van der Waals surface area contributed by atoms with Gasteiger partial charge < -0.3 is 0 Å². The fourth-order valence-electron chi connectivity index (χ4n) is 2.08. The molecule has 5 nitrogen and oxygen atoms in total. The summed E-state index contributed by atoms with van der Waals surface area (Å²) in [6.07, 6.45) is 1.17. The Kier molecular flexibility index (Phi) is 3.87. The average molecular weight is 325 g/mol. The number of hydrogen-bond donors (Lipinski definition) is 0. The number of halogens is 2. The van der Waals surface area contributed by atoms with Gasteiger partial charge in [0.25, 0.3) is 0 Å². The van der Waals surface area contributed by atoms with Crippen molar-refractivity contribution in [2.24, 2.45) is 0 Å². The summed E-state index contributed by atoms with van der Waals surface area (Å²) in [4.78, 5) is -0.772. The SMILES string of the molecule is CS(=O)(=O)C1CCN(S(=O)(=O)c2cc(F)ccc2F)C1. The summed E-state index contributed by atoms with van der Waals surface area (Å²) in [6.45, 7) is -0.271. The molecule has 0 spiro atoms.